The maximum atomic E-state index is 12.1. The summed E-state index contributed by atoms with van der Waals surface area (Å²) >= 11 is 0. The summed E-state index contributed by atoms with van der Waals surface area (Å²) in [5, 5.41) is 16.3. The van der Waals surface area contributed by atoms with E-state index in [0.717, 1.165) is 27.1 Å². The molecule has 3 aromatic rings. The lowest BCUT2D eigenvalue weighted by molar-refractivity contribution is -0.142. The van der Waals surface area contributed by atoms with Crippen molar-refractivity contribution in [3.05, 3.63) is 60.2 Å². The molecule has 2 N–H and O–H groups in total. The fourth-order valence-electron chi connectivity index (χ4n) is 3.28. The highest BCUT2D eigenvalue weighted by atomic mass is 16.5. The van der Waals surface area contributed by atoms with E-state index in [-0.39, 0.29) is 19.6 Å². The van der Waals surface area contributed by atoms with Crippen molar-refractivity contribution in [1.29, 1.82) is 0 Å². The Morgan fingerprint density at radius 2 is 1.61 bits per heavy atom. The Labute approximate surface area is 163 Å². The van der Waals surface area contributed by atoms with E-state index in [1.807, 2.05) is 48.5 Å². The highest BCUT2D eigenvalue weighted by molar-refractivity contribution is 6.02. The van der Waals surface area contributed by atoms with Crippen LogP contribution < -0.4 is 5.32 Å². The second-order valence-corrected chi connectivity index (χ2v) is 6.51. The van der Waals surface area contributed by atoms with Crippen LogP contribution in [0.15, 0.2) is 54.6 Å². The number of aliphatic carboxylic acids is 1. The normalized spacial score (nSPS) is 12.2. The van der Waals surface area contributed by atoms with Gasteiger partial charge in [0.15, 0.2) is 0 Å². The summed E-state index contributed by atoms with van der Waals surface area (Å²) in [6.45, 7) is 0.441. The summed E-state index contributed by atoms with van der Waals surface area (Å²) in [4.78, 5) is 23.9. The van der Waals surface area contributed by atoms with E-state index in [1.165, 1.54) is 0 Å². The fourth-order valence-corrected chi connectivity index (χ4v) is 3.28. The first kappa shape index (κ1) is 19.8. The summed E-state index contributed by atoms with van der Waals surface area (Å²) in [6, 6.07) is 16.8. The highest BCUT2D eigenvalue weighted by Crippen LogP contribution is 2.29. The molecule has 0 aliphatic rings. The van der Waals surface area contributed by atoms with Gasteiger partial charge >= 0.3 is 5.97 Å². The molecule has 6 nitrogen and oxygen atoms in total. The SMILES string of the molecule is COCCOCC(=O)N[C@H](Cc1c2ccccc2cc2ccccc12)C(=O)O. The topological polar surface area (TPSA) is 84.9 Å². The maximum absolute atomic E-state index is 12.1. The molecule has 0 bridgehead atoms. The van der Waals surface area contributed by atoms with Crippen LogP contribution >= 0.6 is 0 Å². The van der Waals surface area contributed by atoms with Crippen molar-refractivity contribution in [2.45, 2.75) is 12.5 Å². The van der Waals surface area contributed by atoms with Gasteiger partial charge in [-0.1, -0.05) is 48.5 Å². The lowest BCUT2D eigenvalue weighted by Gasteiger charge is -2.18. The standard InChI is InChI=1S/C22H23NO5/c1-27-10-11-28-14-21(24)23-20(22(25)26)13-19-17-8-4-2-6-15(17)12-16-7-3-5-9-18(16)19/h2-9,12,20H,10-11,13-14H2,1H3,(H,23,24)(H,25,26)/t20-/m1/s1. The molecule has 0 aliphatic heterocycles. The molecule has 1 amide bonds. The Balaban J connectivity index is 1.87. The number of carbonyl (C=O) groups is 2. The summed E-state index contributed by atoms with van der Waals surface area (Å²) in [7, 11) is 1.54. The summed E-state index contributed by atoms with van der Waals surface area (Å²) in [5.74, 6) is -1.55. The van der Waals surface area contributed by atoms with E-state index in [4.69, 9.17) is 9.47 Å². The Bertz CT molecular complexity index is 931. The van der Waals surface area contributed by atoms with Crippen LogP contribution in [-0.2, 0) is 25.5 Å². The van der Waals surface area contributed by atoms with Gasteiger partial charge in [-0.2, -0.15) is 0 Å². The second-order valence-electron chi connectivity index (χ2n) is 6.51. The Morgan fingerprint density at radius 3 is 2.18 bits per heavy atom. The molecule has 0 saturated carbocycles. The van der Waals surface area contributed by atoms with Crippen LogP contribution in [0.2, 0.25) is 0 Å². The molecule has 0 spiro atoms. The number of carbonyl (C=O) groups excluding carboxylic acids is 1. The monoisotopic (exact) mass is 381 g/mol. The second kappa shape index (κ2) is 9.30. The number of ether oxygens (including phenoxy) is 2. The molecule has 0 saturated heterocycles. The first-order valence-corrected chi connectivity index (χ1v) is 9.08. The van der Waals surface area contributed by atoms with Crippen LogP contribution in [-0.4, -0.2) is 50.0 Å². The highest BCUT2D eigenvalue weighted by Gasteiger charge is 2.22. The van der Waals surface area contributed by atoms with Gasteiger partial charge < -0.3 is 19.9 Å². The molecule has 6 heteroatoms. The summed E-state index contributed by atoms with van der Waals surface area (Å²) in [6.07, 6.45) is 0.182. The molecule has 0 aliphatic carbocycles. The minimum Gasteiger partial charge on any atom is -0.480 e. The van der Waals surface area contributed by atoms with Gasteiger partial charge in [-0.25, -0.2) is 4.79 Å². The molecule has 0 heterocycles. The number of carboxylic acids is 1. The van der Waals surface area contributed by atoms with E-state index in [0.29, 0.717) is 6.61 Å². The van der Waals surface area contributed by atoms with Crippen LogP contribution in [0.3, 0.4) is 0 Å². The first-order chi connectivity index (χ1) is 13.6. The summed E-state index contributed by atoms with van der Waals surface area (Å²) in [5.41, 5.74) is 0.904. The van der Waals surface area contributed by atoms with Gasteiger partial charge in [-0.15, -0.1) is 0 Å². The van der Waals surface area contributed by atoms with Crippen LogP contribution in [0, 0.1) is 0 Å². The van der Waals surface area contributed by atoms with Crippen LogP contribution in [0.4, 0.5) is 0 Å². The number of hydrogen-bond donors (Lipinski definition) is 2. The zero-order valence-corrected chi connectivity index (χ0v) is 15.7. The van der Waals surface area contributed by atoms with E-state index in [2.05, 4.69) is 11.4 Å². The van der Waals surface area contributed by atoms with Crippen molar-refractivity contribution < 1.29 is 24.2 Å². The zero-order valence-electron chi connectivity index (χ0n) is 15.7. The third-order valence-corrected chi connectivity index (χ3v) is 4.59. The summed E-state index contributed by atoms with van der Waals surface area (Å²) < 4.78 is 10.0. The van der Waals surface area contributed by atoms with Gasteiger partial charge in [0.1, 0.15) is 12.6 Å². The van der Waals surface area contributed by atoms with E-state index < -0.39 is 17.9 Å². The molecule has 146 valence electrons. The minimum atomic E-state index is -1.08. The molecule has 0 aromatic heterocycles. The molecule has 0 fully saturated rings. The van der Waals surface area contributed by atoms with Gasteiger partial charge in [0.2, 0.25) is 5.91 Å². The largest absolute Gasteiger partial charge is 0.480 e. The number of nitrogens with one attached hydrogen (secondary N) is 1. The fraction of sp³-hybridized carbons (Fsp3) is 0.273. The molecule has 0 radical (unpaired) electrons. The van der Waals surface area contributed by atoms with Gasteiger partial charge in [0, 0.05) is 13.5 Å². The zero-order chi connectivity index (χ0) is 19.9. The van der Waals surface area contributed by atoms with E-state index in [9.17, 15) is 14.7 Å². The lowest BCUT2D eigenvalue weighted by Crippen LogP contribution is -2.44. The molecule has 3 aromatic carbocycles. The van der Waals surface area contributed by atoms with E-state index in [1.54, 1.807) is 7.11 Å². The van der Waals surface area contributed by atoms with E-state index >= 15 is 0 Å². The Kier molecular flexibility index (Phi) is 6.57. The predicted octanol–water partition coefficient (Wildman–Crippen LogP) is 2.77. The Hall–Kier alpha value is -2.96. The van der Waals surface area contributed by atoms with Gasteiger partial charge in [-0.05, 0) is 33.2 Å². The quantitative estimate of drug-likeness (QED) is 0.440. The van der Waals surface area contributed by atoms with Crippen LogP contribution in [0.25, 0.3) is 21.5 Å². The third-order valence-electron chi connectivity index (χ3n) is 4.59. The number of fused-ring (bicyclic) bond motifs is 2. The average Bonchev–Trinajstić information content (AvgIpc) is 2.70. The molecule has 3 rings (SSSR count). The molecule has 28 heavy (non-hydrogen) atoms. The van der Waals surface area contributed by atoms with Gasteiger partial charge in [0.25, 0.3) is 0 Å². The predicted molar refractivity (Wildman–Crippen MR) is 107 cm³/mol. The molecule has 1 atom stereocenters. The van der Waals surface area contributed by atoms with Crippen molar-refractivity contribution in [2.24, 2.45) is 0 Å². The number of amides is 1. The Morgan fingerprint density at radius 1 is 1.00 bits per heavy atom. The molecular formula is C22H23NO5. The lowest BCUT2D eigenvalue weighted by atomic mass is 9.92. The van der Waals surface area contributed by atoms with Crippen LogP contribution in [0.5, 0.6) is 0 Å². The van der Waals surface area contributed by atoms with Crippen molar-refractivity contribution >= 4 is 33.4 Å². The maximum Gasteiger partial charge on any atom is 0.326 e. The average molecular weight is 381 g/mol. The number of benzene rings is 3. The number of carboxylic acid groups (broad SMARTS) is 1. The van der Waals surface area contributed by atoms with Crippen molar-refractivity contribution in [3.8, 4) is 0 Å². The smallest absolute Gasteiger partial charge is 0.326 e. The van der Waals surface area contributed by atoms with Gasteiger partial charge in [-0.3, -0.25) is 4.79 Å². The van der Waals surface area contributed by atoms with Crippen molar-refractivity contribution in [3.63, 3.8) is 0 Å². The number of rotatable bonds is 9. The van der Waals surface area contributed by atoms with Crippen molar-refractivity contribution in [2.75, 3.05) is 26.9 Å². The van der Waals surface area contributed by atoms with Crippen molar-refractivity contribution in [1.82, 2.24) is 5.32 Å². The van der Waals surface area contributed by atoms with Gasteiger partial charge in [0.05, 0.1) is 13.2 Å². The first-order valence-electron chi connectivity index (χ1n) is 9.08. The number of hydrogen-bond acceptors (Lipinski definition) is 4. The molecular weight excluding hydrogens is 358 g/mol. The third kappa shape index (κ3) is 4.65. The minimum absolute atomic E-state index is 0.182. The van der Waals surface area contributed by atoms with Crippen LogP contribution in [0.1, 0.15) is 5.56 Å². The molecule has 0 unspecified atom stereocenters. The number of methoxy groups -OCH3 is 1.